The molecule has 0 amide bonds. The Morgan fingerprint density at radius 2 is 1.90 bits per heavy atom. The summed E-state index contributed by atoms with van der Waals surface area (Å²) in [6.45, 7) is 5.26. The van der Waals surface area contributed by atoms with Gasteiger partial charge < -0.3 is 10.1 Å². The number of benzene rings is 2. The van der Waals surface area contributed by atoms with E-state index in [2.05, 4.69) is 27.1 Å². The van der Waals surface area contributed by atoms with Gasteiger partial charge in [-0.1, -0.05) is 25.1 Å². The third-order valence-electron chi connectivity index (χ3n) is 5.51. The van der Waals surface area contributed by atoms with Gasteiger partial charge in [-0.05, 0) is 62.3 Å². The first kappa shape index (κ1) is 20.0. The zero-order valence-electron chi connectivity index (χ0n) is 17.2. The lowest BCUT2D eigenvalue weighted by Crippen LogP contribution is -2.35. The van der Waals surface area contributed by atoms with E-state index in [0.29, 0.717) is 23.1 Å². The van der Waals surface area contributed by atoms with E-state index in [1.165, 1.54) is 19.2 Å². The maximum absolute atomic E-state index is 8.70. The molecule has 0 bridgehead atoms. The number of ether oxygens (including phenoxy) is 1. The maximum Gasteiger partial charge on any atom is 0.138 e. The fourth-order valence-corrected chi connectivity index (χ4v) is 3.88. The molecular formula is C24H27N5O. The summed E-state index contributed by atoms with van der Waals surface area (Å²) in [6, 6.07) is 17.7. The van der Waals surface area contributed by atoms with Crippen molar-refractivity contribution in [3.05, 3.63) is 78.2 Å². The number of hydrogen-bond donors (Lipinski definition) is 2. The highest BCUT2D eigenvalue weighted by atomic mass is 16.5. The van der Waals surface area contributed by atoms with Crippen LogP contribution < -0.4 is 10.1 Å². The van der Waals surface area contributed by atoms with E-state index in [0.717, 1.165) is 36.7 Å². The summed E-state index contributed by atoms with van der Waals surface area (Å²) in [6.07, 6.45) is 5.67. The normalized spacial score (nSPS) is 16.4. The van der Waals surface area contributed by atoms with Crippen LogP contribution in [0.2, 0.25) is 0 Å². The molecule has 1 fully saturated rings. The monoisotopic (exact) mass is 401 g/mol. The molecule has 6 heteroatoms. The molecule has 2 aromatic carbocycles. The van der Waals surface area contributed by atoms with Crippen LogP contribution in [0.5, 0.6) is 11.5 Å². The Kier molecular flexibility index (Phi) is 6.35. The molecule has 0 saturated carbocycles. The second-order valence-corrected chi connectivity index (χ2v) is 7.41. The molecule has 0 aliphatic carbocycles. The minimum absolute atomic E-state index is 0.392. The van der Waals surface area contributed by atoms with Crippen molar-refractivity contribution in [2.45, 2.75) is 25.8 Å². The summed E-state index contributed by atoms with van der Waals surface area (Å²) >= 11 is 0. The Labute approximate surface area is 177 Å². The molecule has 1 atom stereocenters. The molecule has 4 rings (SSSR count). The van der Waals surface area contributed by atoms with E-state index in [4.69, 9.17) is 10.1 Å². The average Bonchev–Trinajstić information content (AvgIpc) is 3.26. The lowest BCUT2D eigenvalue weighted by molar-refractivity contribution is 0.277. The molecule has 6 nitrogen and oxygen atoms in total. The Bertz CT molecular complexity index is 974. The summed E-state index contributed by atoms with van der Waals surface area (Å²) in [7, 11) is 0. The first-order chi connectivity index (χ1) is 14.7. The molecule has 0 unspecified atom stereocenters. The van der Waals surface area contributed by atoms with Crippen molar-refractivity contribution in [2.75, 3.05) is 25.0 Å². The van der Waals surface area contributed by atoms with Crippen LogP contribution in [0, 0.1) is 5.41 Å². The van der Waals surface area contributed by atoms with Gasteiger partial charge in [-0.25, -0.2) is 9.97 Å². The van der Waals surface area contributed by atoms with Gasteiger partial charge in [0.2, 0.25) is 0 Å². The second-order valence-electron chi connectivity index (χ2n) is 7.41. The molecule has 1 aliphatic heterocycles. The number of hydrogen-bond acceptors (Lipinski definition) is 6. The molecule has 1 aromatic heterocycles. The smallest absolute Gasteiger partial charge is 0.138 e. The molecule has 2 heterocycles. The lowest BCUT2D eigenvalue weighted by Gasteiger charge is -2.23. The highest BCUT2D eigenvalue weighted by Gasteiger charge is 2.23. The predicted octanol–water partition coefficient (Wildman–Crippen LogP) is 4.58. The van der Waals surface area contributed by atoms with Crippen molar-refractivity contribution in [1.29, 1.82) is 5.41 Å². The maximum atomic E-state index is 8.70. The van der Waals surface area contributed by atoms with E-state index in [9.17, 15) is 0 Å². The molecule has 1 saturated heterocycles. The number of para-hydroxylation sites is 1. The quantitative estimate of drug-likeness (QED) is 0.541. The van der Waals surface area contributed by atoms with Gasteiger partial charge in [-0.3, -0.25) is 10.3 Å². The van der Waals surface area contributed by atoms with Crippen LogP contribution in [0.3, 0.4) is 0 Å². The van der Waals surface area contributed by atoms with E-state index in [1.807, 2.05) is 54.6 Å². The zero-order valence-corrected chi connectivity index (χ0v) is 17.2. The number of anilines is 1. The van der Waals surface area contributed by atoms with Crippen LogP contribution in [0.15, 0.2) is 67.1 Å². The van der Waals surface area contributed by atoms with E-state index in [-0.39, 0.29) is 0 Å². The van der Waals surface area contributed by atoms with Crippen molar-refractivity contribution < 1.29 is 4.74 Å². The average molecular weight is 402 g/mol. The standard InChI is InChI=1S/C24H27N5O/c1-2-29-14-6-7-19(29)15-27-24-22(16-26-17-28-24)23(25)18-10-12-21(13-11-18)30-20-8-4-3-5-9-20/h3-5,8-13,16-17,19,25H,2,6-7,14-15H2,1H3,(H,26,27,28)/t19-/m1/s1. The molecule has 0 spiro atoms. The van der Waals surface area contributed by atoms with Crippen LogP contribution in [0.25, 0.3) is 0 Å². The minimum Gasteiger partial charge on any atom is -0.457 e. The summed E-state index contributed by atoms with van der Waals surface area (Å²) in [5.41, 5.74) is 1.89. The summed E-state index contributed by atoms with van der Waals surface area (Å²) in [5, 5.41) is 12.2. The van der Waals surface area contributed by atoms with Crippen molar-refractivity contribution >= 4 is 11.5 Å². The first-order valence-corrected chi connectivity index (χ1v) is 10.4. The molecule has 0 radical (unpaired) electrons. The Morgan fingerprint density at radius 1 is 1.13 bits per heavy atom. The third kappa shape index (κ3) is 4.66. The first-order valence-electron chi connectivity index (χ1n) is 10.4. The van der Waals surface area contributed by atoms with Crippen molar-refractivity contribution in [2.24, 2.45) is 0 Å². The SMILES string of the molecule is CCN1CCC[C@@H]1CNc1ncncc1C(=N)c1ccc(Oc2ccccc2)cc1. The van der Waals surface area contributed by atoms with Gasteiger partial charge in [-0.15, -0.1) is 0 Å². The Hall–Kier alpha value is -3.25. The largest absolute Gasteiger partial charge is 0.457 e. The second kappa shape index (κ2) is 9.50. The summed E-state index contributed by atoms with van der Waals surface area (Å²) < 4.78 is 5.85. The topological polar surface area (TPSA) is 74.1 Å². The van der Waals surface area contributed by atoms with Gasteiger partial charge in [0.25, 0.3) is 0 Å². The van der Waals surface area contributed by atoms with Crippen LogP contribution >= 0.6 is 0 Å². The van der Waals surface area contributed by atoms with Crippen molar-refractivity contribution in [3.8, 4) is 11.5 Å². The molecule has 1 aliphatic rings. The predicted molar refractivity (Wildman–Crippen MR) is 120 cm³/mol. The van der Waals surface area contributed by atoms with Gasteiger partial charge >= 0.3 is 0 Å². The molecule has 154 valence electrons. The fourth-order valence-electron chi connectivity index (χ4n) is 3.88. The molecule has 30 heavy (non-hydrogen) atoms. The van der Waals surface area contributed by atoms with Crippen molar-refractivity contribution in [1.82, 2.24) is 14.9 Å². The van der Waals surface area contributed by atoms with Crippen LogP contribution in [-0.4, -0.2) is 46.3 Å². The van der Waals surface area contributed by atoms with Gasteiger partial charge in [0, 0.05) is 24.3 Å². The van der Waals surface area contributed by atoms with Crippen LogP contribution in [-0.2, 0) is 0 Å². The van der Waals surface area contributed by atoms with Crippen LogP contribution in [0.4, 0.5) is 5.82 Å². The van der Waals surface area contributed by atoms with E-state index in [1.54, 1.807) is 6.20 Å². The minimum atomic E-state index is 0.392. The molecule has 2 N–H and O–H groups in total. The highest BCUT2D eigenvalue weighted by molar-refractivity contribution is 6.13. The summed E-state index contributed by atoms with van der Waals surface area (Å²) in [4.78, 5) is 11.0. The van der Waals surface area contributed by atoms with Crippen molar-refractivity contribution in [3.63, 3.8) is 0 Å². The van der Waals surface area contributed by atoms with Gasteiger partial charge in [0.1, 0.15) is 23.6 Å². The Morgan fingerprint density at radius 3 is 2.67 bits per heavy atom. The lowest BCUT2D eigenvalue weighted by atomic mass is 10.0. The number of nitrogens with one attached hydrogen (secondary N) is 2. The van der Waals surface area contributed by atoms with E-state index >= 15 is 0 Å². The van der Waals surface area contributed by atoms with Crippen LogP contribution in [0.1, 0.15) is 30.9 Å². The number of likely N-dealkylation sites (tertiary alicyclic amines) is 1. The van der Waals surface area contributed by atoms with Gasteiger partial charge in [0.15, 0.2) is 0 Å². The third-order valence-corrected chi connectivity index (χ3v) is 5.51. The number of nitrogens with zero attached hydrogens (tertiary/aromatic N) is 3. The number of aromatic nitrogens is 2. The molecule has 3 aromatic rings. The van der Waals surface area contributed by atoms with Gasteiger partial charge in [0.05, 0.1) is 11.3 Å². The Balaban J connectivity index is 1.45. The highest BCUT2D eigenvalue weighted by Crippen LogP contribution is 2.23. The molecular weight excluding hydrogens is 374 g/mol. The zero-order chi connectivity index (χ0) is 20.8. The summed E-state index contributed by atoms with van der Waals surface area (Å²) in [5.74, 6) is 2.24. The van der Waals surface area contributed by atoms with E-state index < -0.39 is 0 Å². The number of rotatable bonds is 8. The van der Waals surface area contributed by atoms with Gasteiger partial charge in [-0.2, -0.15) is 0 Å². The fraction of sp³-hybridized carbons (Fsp3) is 0.292. The number of likely N-dealkylation sites (N-methyl/N-ethyl adjacent to an activating group) is 1.